The van der Waals surface area contributed by atoms with E-state index in [-0.39, 0.29) is 18.3 Å². The van der Waals surface area contributed by atoms with E-state index in [1.807, 2.05) is 6.92 Å². The Kier molecular flexibility index (Phi) is 3.65. The average molecular weight is 265 g/mol. The van der Waals surface area contributed by atoms with Gasteiger partial charge in [-0.15, -0.1) is 0 Å². The molecule has 17 heavy (non-hydrogen) atoms. The summed E-state index contributed by atoms with van der Waals surface area (Å²) >= 11 is 0. The van der Waals surface area contributed by atoms with Crippen molar-refractivity contribution >= 4 is 7.82 Å². The number of rotatable bonds is 4. The van der Waals surface area contributed by atoms with E-state index in [4.69, 9.17) is 14.0 Å². The number of methoxy groups -OCH3 is 1. The monoisotopic (exact) mass is 265 g/mol. The van der Waals surface area contributed by atoms with E-state index in [9.17, 15) is 9.46 Å². The van der Waals surface area contributed by atoms with Gasteiger partial charge in [-0.3, -0.25) is 4.57 Å². The van der Waals surface area contributed by atoms with Gasteiger partial charge in [0.2, 0.25) is 0 Å². The number of hydrogen-bond donors (Lipinski definition) is 0. The quantitative estimate of drug-likeness (QED) is 0.701. The van der Waals surface area contributed by atoms with E-state index in [0.29, 0.717) is 12.8 Å². The third-order valence-corrected chi connectivity index (χ3v) is 4.57. The highest BCUT2D eigenvalue weighted by Gasteiger charge is 2.57. The third-order valence-electron chi connectivity index (χ3n) is 3.54. The van der Waals surface area contributed by atoms with Crippen molar-refractivity contribution in [3.8, 4) is 0 Å². The largest absolute Gasteiger partial charge is 0.756 e. The van der Waals surface area contributed by atoms with Crippen molar-refractivity contribution in [2.75, 3.05) is 14.2 Å². The maximum Gasteiger partial charge on any atom is 0.268 e. The van der Waals surface area contributed by atoms with Crippen LogP contribution in [-0.4, -0.2) is 38.1 Å². The predicted molar refractivity (Wildman–Crippen MR) is 57.4 cm³/mol. The molecule has 100 valence electrons. The van der Waals surface area contributed by atoms with Crippen molar-refractivity contribution in [2.45, 2.75) is 50.1 Å². The lowest BCUT2D eigenvalue weighted by atomic mass is 9.96. The Morgan fingerprint density at radius 3 is 2.76 bits per heavy atom. The normalized spacial score (nSPS) is 44.6. The van der Waals surface area contributed by atoms with Crippen LogP contribution in [-0.2, 0) is 23.1 Å². The van der Waals surface area contributed by atoms with Crippen LogP contribution in [0.4, 0.5) is 0 Å². The lowest BCUT2D eigenvalue weighted by molar-refractivity contribution is -0.236. The average Bonchev–Trinajstić information content (AvgIpc) is 2.71. The van der Waals surface area contributed by atoms with Crippen molar-refractivity contribution in [1.29, 1.82) is 0 Å². The van der Waals surface area contributed by atoms with E-state index >= 15 is 0 Å². The van der Waals surface area contributed by atoms with Crippen LogP contribution >= 0.6 is 7.82 Å². The standard InChI is InChI=1S/C10H19O6P/c1-7-6-10(16-17(11,12)14-3)5-4-8(13-2)9(10)15-7/h7-9H,4-6H2,1-3H3,(H,11,12)/p-1/t7-,8+,9?,10?/m0/s1. The van der Waals surface area contributed by atoms with Crippen molar-refractivity contribution in [3.05, 3.63) is 0 Å². The van der Waals surface area contributed by atoms with E-state index in [1.54, 1.807) is 7.11 Å². The van der Waals surface area contributed by atoms with E-state index in [1.165, 1.54) is 0 Å². The third kappa shape index (κ3) is 2.43. The topological polar surface area (TPSA) is 77.1 Å². The highest BCUT2D eigenvalue weighted by molar-refractivity contribution is 7.45. The first kappa shape index (κ1) is 13.5. The summed E-state index contributed by atoms with van der Waals surface area (Å²) in [6.07, 6.45) is 1.41. The lowest BCUT2D eigenvalue weighted by Gasteiger charge is -2.34. The van der Waals surface area contributed by atoms with Gasteiger partial charge in [-0.05, 0) is 19.8 Å². The number of phosphoric ester groups is 1. The molecule has 6 nitrogen and oxygen atoms in total. The molecule has 0 amide bonds. The molecule has 3 unspecified atom stereocenters. The van der Waals surface area contributed by atoms with Crippen LogP contribution in [0.3, 0.4) is 0 Å². The van der Waals surface area contributed by atoms with Gasteiger partial charge in [0.25, 0.3) is 7.82 Å². The molecule has 0 aromatic carbocycles. The molecule has 0 aromatic rings. The van der Waals surface area contributed by atoms with Crippen molar-refractivity contribution < 1.29 is 28.0 Å². The first-order valence-corrected chi connectivity index (χ1v) is 7.14. The van der Waals surface area contributed by atoms with Crippen LogP contribution in [0.15, 0.2) is 0 Å². The summed E-state index contributed by atoms with van der Waals surface area (Å²) in [4.78, 5) is 11.5. The van der Waals surface area contributed by atoms with Gasteiger partial charge in [0.05, 0.1) is 12.2 Å². The fraction of sp³-hybridized carbons (Fsp3) is 1.00. The first-order chi connectivity index (χ1) is 7.92. The summed E-state index contributed by atoms with van der Waals surface area (Å²) in [5.41, 5.74) is -0.812. The molecular formula is C10H18O6P-. The molecule has 0 radical (unpaired) electrons. The Balaban J connectivity index is 2.19. The zero-order chi connectivity index (χ0) is 12.7. The number of phosphoric acid groups is 1. The molecule has 2 rings (SSSR count). The molecule has 1 saturated carbocycles. The van der Waals surface area contributed by atoms with E-state index in [0.717, 1.165) is 13.5 Å². The molecule has 1 aliphatic carbocycles. The molecule has 1 saturated heterocycles. The van der Waals surface area contributed by atoms with Gasteiger partial charge in [-0.1, -0.05) is 0 Å². The maximum absolute atomic E-state index is 11.5. The lowest BCUT2D eigenvalue weighted by Crippen LogP contribution is -2.41. The zero-order valence-electron chi connectivity index (χ0n) is 10.3. The second-order valence-electron chi connectivity index (χ2n) is 4.67. The molecule has 0 aromatic heterocycles. The molecule has 0 spiro atoms. The van der Waals surface area contributed by atoms with Crippen molar-refractivity contribution in [2.24, 2.45) is 0 Å². The molecule has 1 heterocycles. The van der Waals surface area contributed by atoms with Crippen LogP contribution in [0.5, 0.6) is 0 Å². The second kappa shape index (κ2) is 4.61. The Bertz CT molecular complexity index is 335. The highest BCUT2D eigenvalue weighted by atomic mass is 31.2. The Morgan fingerprint density at radius 2 is 2.18 bits per heavy atom. The fourth-order valence-electron chi connectivity index (χ4n) is 2.87. The molecule has 2 aliphatic rings. The minimum absolute atomic E-state index is 0.0326. The van der Waals surface area contributed by atoms with Crippen LogP contribution in [0, 0.1) is 0 Å². The summed E-state index contributed by atoms with van der Waals surface area (Å²) < 4.78 is 32.1. The zero-order valence-corrected chi connectivity index (χ0v) is 11.1. The van der Waals surface area contributed by atoms with Crippen LogP contribution in [0.1, 0.15) is 26.2 Å². The molecule has 1 aliphatic heterocycles. The van der Waals surface area contributed by atoms with Crippen molar-refractivity contribution in [1.82, 2.24) is 0 Å². The molecule has 2 fully saturated rings. The Hall–Kier alpha value is 0.0300. The van der Waals surface area contributed by atoms with Gasteiger partial charge in [0.1, 0.15) is 11.7 Å². The summed E-state index contributed by atoms with van der Waals surface area (Å²) in [6.45, 7) is 1.90. The minimum atomic E-state index is -4.25. The molecule has 0 N–H and O–H groups in total. The van der Waals surface area contributed by atoms with E-state index < -0.39 is 13.4 Å². The number of hydrogen-bond acceptors (Lipinski definition) is 6. The number of fused-ring (bicyclic) bond motifs is 1. The summed E-state index contributed by atoms with van der Waals surface area (Å²) in [5.74, 6) is 0. The Morgan fingerprint density at radius 1 is 1.47 bits per heavy atom. The summed E-state index contributed by atoms with van der Waals surface area (Å²) in [7, 11) is -1.55. The van der Waals surface area contributed by atoms with Gasteiger partial charge in [0.15, 0.2) is 0 Å². The smallest absolute Gasteiger partial charge is 0.268 e. The molecular weight excluding hydrogens is 247 g/mol. The van der Waals surface area contributed by atoms with Gasteiger partial charge >= 0.3 is 0 Å². The highest BCUT2D eigenvalue weighted by Crippen LogP contribution is 2.54. The Labute approximate surface area is 101 Å². The summed E-state index contributed by atoms with van der Waals surface area (Å²) in [5, 5.41) is 0. The molecule has 0 bridgehead atoms. The van der Waals surface area contributed by atoms with Gasteiger partial charge in [-0.2, -0.15) is 0 Å². The van der Waals surface area contributed by atoms with Crippen LogP contribution in [0.2, 0.25) is 0 Å². The molecule has 5 atom stereocenters. The van der Waals surface area contributed by atoms with Gasteiger partial charge < -0.3 is 23.4 Å². The van der Waals surface area contributed by atoms with Crippen molar-refractivity contribution in [3.63, 3.8) is 0 Å². The van der Waals surface area contributed by atoms with Crippen LogP contribution in [0.25, 0.3) is 0 Å². The first-order valence-electron chi connectivity index (χ1n) is 5.68. The van der Waals surface area contributed by atoms with Gasteiger partial charge in [-0.25, -0.2) is 0 Å². The predicted octanol–water partition coefficient (Wildman–Crippen LogP) is 0.843. The minimum Gasteiger partial charge on any atom is -0.756 e. The van der Waals surface area contributed by atoms with Gasteiger partial charge in [0, 0.05) is 20.6 Å². The number of ether oxygens (including phenoxy) is 2. The SMILES string of the molecule is CO[C@@H]1CCC2(OP(=O)([O-])OC)C[C@H](C)OC12. The van der Waals surface area contributed by atoms with Crippen LogP contribution < -0.4 is 4.89 Å². The summed E-state index contributed by atoms with van der Waals surface area (Å²) in [6, 6.07) is 0. The maximum atomic E-state index is 11.5. The molecule has 7 heteroatoms. The van der Waals surface area contributed by atoms with E-state index in [2.05, 4.69) is 4.52 Å². The second-order valence-corrected chi connectivity index (χ2v) is 6.11. The fourth-order valence-corrected chi connectivity index (χ4v) is 3.66.